The molecule has 0 spiro atoms. The molecule has 4 rings (SSSR count). The Kier molecular flexibility index (Phi) is 5.97. The fourth-order valence-corrected chi connectivity index (χ4v) is 5.54. The predicted octanol–water partition coefficient (Wildman–Crippen LogP) is 5.42. The first-order valence-corrected chi connectivity index (χ1v) is 11.4. The van der Waals surface area contributed by atoms with Gasteiger partial charge in [-0.2, -0.15) is 0 Å². The van der Waals surface area contributed by atoms with E-state index in [4.69, 9.17) is 0 Å². The number of benzene rings is 1. The van der Waals surface area contributed by atoms with Crippen LogP contribution in [-0.4, -0.2) is 29.1 Å². The number of rotatable bonds is 5. The smallest absolute Gasteiger partial charge is 0.319 e. The van der Waals surface area contributed by atoms with E-state index >= 15 is 0 Å². The number of urea groups is 1. The molecular weight excluding hydrogens is 392 g/mol. The number of aromatic nitrogens is 1. The van der Waals surface area contributed by atoms with Gasteiger partial charge in [0.05, 0.1) is 6.04 Å². The molecule has 1 aromatic carbocycles. The van der Waals surface area contributed by atoms with Crippen LogP contribution in [0.4, 0.5) is 10.5 Å². The molecule has 0 bridgehead atoms. The molecule has 30 heavy (non-hydrogen) atoms. The molecule has 3 heterocycles. The molecule has 2 N–H and O–H groups in total. The Hall–Kier alpha value is -2.57. The van der Waals surface area contributed by atoms with Gasteiger partial charge in [-0.05, 0) is 74.7 Å². The van der Waals surface area contributed by atoms with Gasteiger partial charge in [-0.3, -0.25) is 0 Å². The average molecular weight is 423 g/mol. The zero-order chi connectivity index (χ0) is 21.3. The number of carbonyl (C=O) groups is 1. The maximum Gasteiger partial charge on any atom is 0.319 e. The van der Waals surface area contributed by atoms with Crippen LogP contribution < -0.4 is 10.6 Å². The number of aryl methyl sites for hydroxylation is 2. The fourth-order valence-electron chi connectivity index (χ4n) is 4.09. The number of anilines is 1. The number of nitrogens with zero attached hydrogens (tertiary/aromatic N) is 2. The lowest BCUT2D eigenvalue weighted by molar-refractivity contribution is 0.248. The van der Waals surface area contributed by atoms with Crippen LogP contribution in [0, 0.1) is 13.8 Å². The van der Waals surface area contributed by atoms with Crippen LogP contribution >= 0.6 is 11.3 Å². The number of likely N-dealkylation sites (N-methyl/N-ethyl adjacent to an activating group) is 1. The molecule has 2 amide bonds. The van der Waals surface area contributed by atoms with Crippen molar-refractivity contribution < 1.29 is 4.79 Å². The van der Waals surface area contributed by atoms with E-state index < -0.39 is 0 Å². The average Bonchev–Trinajstić information content (AvgIpc) is 3.36. The summed E-state index contributed by atoms with van der Waals surface area (Å²) in [5, 5.41) is 7.48. The van der Waals surface area contributed by atoms with Gasteiger partial charge in [0.1, 0.15) is 5.00 Å². The van der Waals surface area contributed by atoms with E-state index in [9.17, 15) is 4.79 Å². The fraction of sp³-hybridized carbons (Fsp3) is 0.375. The van der Waals surface area contributed by atoms with E-state index in [0.717, 1.165) is 31.6 Å². The first-order valence-electron chi connectivity index (χ1n) is 10.6. The van der Waals surface area contributed by atoms with Gasteiger partial charge in [0, 0.05) is 41.6 Å². The van der Waals surface area contributed by atoms with E-state index in [1.807, 2.05) is 29.5 Å². The van der Waals surface area contributed by atoms with Gasteiger partial charge >= 0.3 is 6.03 Å². The molecule has 1 aliphatic rings. The lowest BCUT2D eigenvalue weighted by Crippen LogP contribution is -2.34. The number of amides is 2. The number of fused-ring (bicyclic) bond motifs is 1. The normalized spacial score (nSPS) is 14.9. The van der Waals surface area contributed by atoms with Crippen molar-refractivity contribution in [2.75, 3.05) is 18.9 Å². The molecule has 6 heteroatoms. The van der Waals surface area contributed by atoms with Crippen LogP contribution in [0.1, 0.15) is 46.5 Å². The van der Waals surface area contributed by atoms with Crippen molar-refractivity contribution in [3.8, 4) is 5.00 Å². The summed E-state index contributed by atoms with van der Waals surface area (Å²) in [6, 6.07) is 9.93. The Morgan fingerprint density at radius 2 is 1.97 bits per heavy atom. The molecule has 2 aromatic heterocycles. The van der Waals surface area contributed by atoms with E-state index in [-0.39, 0.29) is 12.1 Å². The molecule has 1 unspecified atom stereocenters. The minimum absolute atomic E-state index is 0.0302. The van der Waals surface area contributed by atoms with E-state index in [2.05, 4.69) is 72.4 Å². The molecule has 5 nitrogen and oxygen atoms in total. The molecule has 158 valence electrons. The quantitative estimate of drug-likeness (QED) is 0.577. The van der Waals surface area contributed by atoms with Gasteiger partial charge in [0.2, 0.25) is 0 Å². The second-order valence-electron chi connectivity index (χ2n) is 8.16. The van der Waals surface area contributed by atoms with Crippen LogP contribution in [0.5, 0.6) is 0 Å². The van der Waals surface area contributed by atoms with Gasteiger partial charge in [-0.1, -0.05) is 13.0 Å². The standard InChI is InChI=1S/C24H30N4OS/c1-5-20(26-24(29)25-18-9-8-16(2)17(3)14-18)22-19-10-13-27(4)15-21(19)30-23(22)28-11-6-7-12-28/h6-9,11-12,14,20H,5,10,13,15H2,1-4H3,(H2,25,26,29). The third kappa shape index (κ3) is 4.16. The SMILES string of the molecule is CCC(NC(=O)Nc1ccc(C)c(C)c1)c1c(-n2cccc2)sc2c1CCN(C)C2. The molecule has 0 fully saturated rings. The number of nitrogens with one attached hydrogen (secondary N) is 2. The highest BCUT2D eigenvalue weighted by atomic mass is 32.1. The summed E-state index contributed by atoms with van der Waals surface area (Å²) in [5.41, 5.74) is 5.91. The predicted molar refractivity (Wildman–Crippen MR) is 125 cm³/mol. The van der Waals surface area contributed by atoms with Crippen molar-refractivity contribution in [3.63, 3.8) is 0 Å². The van der Waals surface area contributed by atoms with E-state index in [1.54, 1.807) is 0 Å². The molecule has 1 aliphatic heterocycles. The highest BCUT2D eigenvalue weighted by molar-refractivity contribution is 7.15. The number of hydrogen-bond acceptors (Lipinski definition) is 3. The summed E-state index contributed by atoms with van der Waals surface area (Å²) in [6.07, 6.45) is 6.04. The third-order valence-electron chi connectivity index (χ3n) is 5.93. The van der Waals surface area contributed by atoms with Gasteiger partial charge in [-0.15, -0.1) is 11.3 Å². The number of carbonyl (C=O) groups excluding carboxylic acids is 1. The second kappa shape index (κ2) is 8.66. The van der Waals surface area contributed by atoms with Gasteiger partial charge in [-0.25, -0.2) is 4.79 Å². The Morgan fingerprint density at radius 3 is 2.67 bits per heavy atom. The third-order valence-corrected chi connectivity index (χ3v) is 7.18. The van der Waals surface area contributed by atoms with Crippen LogP contribution in [0.3, 0.4) is 0 Å². The highest BCUT2D eigenvalue weighted by Gasteiger charge is 2.28. The second-order valence-corrected chi connectivity index (χ2v) is 9.24. The Morgan fingerprint density at radius 1 is 1.20 bits per heavy atom. The molecule has 0 radical (unpaired) electrons. The molecule has 3 aromatic rings. The maximum atomic E-state index is 12.9. The monoisotopic (exact) mass is 422 g/mol. The van der Waals surface area contributed by atoms with Crippen LogP contribution in [0.2, 0.25) is 0 Å². The first kappa shape index (κ1) is 20.7. The summed E-state index contributed by atoms with van der Waals surface area (Å²) in [4.78, 5) is 16.6. The largest absolute Gasteiger partial charge is 0.331 e. The molecule has 0 saturated carbocycles. The molecule has 0 aliphatic carbocycles. The van der Waals surface area contributed by atoms with Gasteiger partial charge in [0.25, 0.3) is 0 Å². The maximum absolute atomic E-state index is 12.9. The van der Waals surface area contributed by atoms with E-state index in [0.29, 0.717) is 0 Å². The molecular formula is C24H30N4OS. The minimum atomic E-state index is -0.156. The topological polar surface area (TPSA) is 49.3 Å². The zero-order valence-electron chi connectivity index (χ0n) is 18.2. The summed E-state index contributed by atoms with van der Waals surface area (Å²) >= 11 is 1.85. The molecule has 1 atom stereocenters. The van der Waals surface area contributed by atoms with E-state index in [1.165, 1.54) is 32.1 Å². The lowest BCUT2D eigenvalue weighted by atomic mass is 9.96. The Bertz CT molecular complexity index is 1040. The lowest BCUT2D eigenvalue weighted by Gasteiger charge is -2.25. The van der Waals surface area contributed by atoms with Crippen LogP contribution in [0.25, 0.3) is 5.00 Å². The summed E-state index contributed by atoms with van der Waals surface area (Å²) in [6.45, 7) is 8.30. The number of hydrogen-bond donors (Lipinski definition) is 2. The van der Waals surface area contributed by atoms with Gasteiger partial charge < -0.3 is 20.1 Å². The molecule has 0 saturated heterocycles. The Labute approximate surface area is 182 Å². The summed E-state index contributed by atoms with van der Waals surface area (Å²) in [7, 11) is 2.17. The Balaban J connectivity index is 1.62. The highest BCUT2D eigenvalue weighted by Crippen LogP contribution is 2.40. The van der Waals surface area contributed by atoms with Gasteiger partial charge in [0.15, 0.2) is 0 Å². The van der Waals surface area contributed by atoms with Crippen molar-refractivity contribution in [3.05, 3.63) is 69.9 Å². The van der Waals surface area contributed by atoms with Crippen molar-refractivity contribution in [2.24, 2.45) is 0 Å². The summed E-state index contributed by atoms with van der Waals surface area (Å²) < 4.78 is 2.18. The first-order chi connectivity index (χ1) is 14.5. The zero-order valence-corrected chi connectivity index (χ0v) is 19.0. The minimum Gasteiger partial charge on any atom is -0.331 e. The van der Waals surface area contributed by atoms with Crippen molar-refractivity contribution in [2.45, 2.75) is 46.2 Å². The van der Waals surface area contributed by atoms with Crippen LogP contribution in [-0.2, 0) is 13.0 Å². The van der Waals surface area contributed by atoms with Crippen molar-refractivity contribution >= 4 is 23.1 Å². The van der Waals surface area contributed by atoms with Crippen LogP contribution in [0.15, 0.2) is 42.7 Å². The van der Waals surface area contributed by atoms with Crippen molar-refractivity contribution in [1.82, 2.24) is 14.8 Å². The summed E-state index contributed by atoms with van der Waals surface area (Å²) in [5.74, 6) is 0. The number of thiophene rings is 1. The van der Waals surface area contributed by atoms with Crippen molar-refractivity contribution in [1.29, 1.82) is 0 Å².